The molecule has 28 heavy (non-hydrogen) atoms. The molecule has 5 rings (SSSR count). The Bertz CT molecular complexity index is 788. The molecule has 3 fully saturated rings. The van der Waals surface area contributed by atoms with Crippen LogP contribution in [0.1, 0.15) is 70.9 Å². The Kier molecular flexibility index (Phi) is 4.31. The van der Waals surface area contributed by atoms with Crippen molar-refractivity contribution >= 4 is 5.78 Å². The van der Waals surface area contributed by atoms with Crippen LogP contribution in [0.15, 0.2) is 17.8 Å². The van der Waals surface area contributed by atoms with Gasteiger partial charge in [-0.1, -0.05) is 25.5 Å². The third-order valence-electron chi connectivity index (χ3n) is 9.29. The molecule has 0 radical (unpaired) electrons. The van der Waals surface area contributed by atoms with Gasteiger partial charge in [-0.25, -0.2) is 0 Å². The molecule has 0 saturated heterocycles. The fraction of sp³-hybridized carbons (Fsp3) is 0.783. The Morgan fingerprint density at radius 1 is 1.21 bits per heavy atom. The molecule has 0 amide bonds. The van der Waals surface area contributed by atoms with Gasteiger partial charge >= 0.3 is 0 Å². The van der Waals surface area contributed by atoms with Crippen LogP contribution in [-0.2, 0) is 11.2 Å². The Morgan fingerprint density at radius 2 is 2.07 bits per heavy atom. The maximum atomic E-state index is 13.1. The lowest BCUT2D eigenvalue weighted by molar-refractivity contribution is -0.129. The Morgan fingerprint density at radius 3 is 2.86 bits per heavy atom. The highest BCUT2D eigenvalue weighted by atomic mass is 16.3. The molecular weight excluding hydrogens is 350 g/mol. The quantitative estimate of drug-likeness (QED) is 0.777. The predicted octanol–water partition coefficient (Wildman–Crippen LogP) is 3.86. The minimum absolute atomic E-state index is 0.137. The molecule has 152 valence electrons. The molecule has 0 aliphatic heterocycles. The van der Waals surface area contributed by atoms with Gasteiger partial charge in [0.2, 0.25) is 0 Å². The van der Waals surface area contributed by atoms with Crippen LogP contribution in [0.5, 0.6) is 0 Å². The number of allylic oxidation sites excluding steroid dienone is 1. The van der Waals surface area contributed by atoms with Gasteiger partial charge in [-0.3, -0.25) is 4.79 Å². The zero-order valence-electron chi connectivity index (χ0n) is 17.2. The summed E-state index contributed by atoms with van der Waals surface area (Å²) in [5, 5.41) is 20.7. The molecule has 1 aromatic rings. The van der Waals surface area contributed by atoms with Crippen LogP contribution in [0, 0.1) is 34.5 Å². The van der Waals surface area contributed by atoms with Crippen LogP contribution in [0.2, 0.25) is 0 Å². The summed E-state index contributed by atoms with van der Waals surface area (Å²) in [6.07, 6.45) is 13.1. The first-order chi connectivity index (χ1) is 13.4. The number of carbonyl (C=O) groups is 1. The lowest BCUT2D eigenvalue weighted by Crippen LogP contribution is -2.51. The number of hydrogen-bond acceptors (Lipinski definition) is 4. The van der Waals surface area contributed by atoms with E-state index in [0.29, 0.717) is 24.0 Å². The number of rotatable bonds is 3. The van der Waals surface area contributed by atoms with Gasteiger partial charge in [-0.2, -0.15) is 15.4 Å². The first-order valence-corrected chi connectivity index (χ1v) is 11.2. The van der Waals surface area contributed by atoms with E-state index in [1.54, 1.807) is 6.20 Å². The number of aliphatic hydroxyl groups excluding tert-OH is 1. The summed E-state index contributed by atoms with van der Waals surface area (Å²) in [7, 11) is 0. The van der Waals surface area contributed by atoms with E-state index in [9.17, 15) is 9.90 Å². The van der Waals surface area contributed by atoms with Gasteiger partial charge < -0.3 is 5.11 Å². The van der Waals surface area contributed by atoms with Crippen molar-refractivity contribution in [3.8, 4) is 0 Å². The smallest absolute Gasteiger partial charge is 0.142 e. The van der Waals surface area contributed by atoms with Crippen LogP contribution in [0.3, 0.4) is 0 Å². The number of hydrogen-bond donors (Lipinski definition) is 2. The molecule has 1 heterocycles. The van der Waals surface area contributed by atoms with Crippen molar-refractivity contribution in [3.05, 3.63) is 23.5 Å². The molecular formula is C23H33N3O2. The number of aromatic nitrogens is 3. The highest BCUT2D eigenvalue weighted by molar-refractivity contribution is 5.84. The lowest BCUT2D eigenvalue weighted by Gasteiger charge is -2.58. The topological polar surface area (TPSA) is 78.9 Å². The average Bonchev–Trinajstić information content (AvgIpc) is 3.29. The van der Waals surface area contributed by atoms with Gasteiger partial charge in [0.25, 0.3) is 0 Å². The molecule has 0 bridgehead atoms. The minimum atomic E-state index is -0.144. The van der Waals surface area contributed by atoms with Crippen LogP contribution in [0.25, 0.3) is 0 Å². The molecule has 0 spiro atoms. The lowest BCUT2D eigenvalue weighted by atomic mass is 9.47. The van der Waals surface area contributed by atoms with Gasteiger partial charge in [0, 0.05) is 5.92 Å². The van der Waals surface area contributed by atoms with Gasteiger partial charge in [0.1, 0.15) is 5.78 Å². The van der Waals surface area contributed by atoms with E-state index in [0.717, 1.165) is 43.7 Å². The van der Waals surface area contributed by atoms with Crippen molar-refractivity contribution in [2.24, 2.45) is 34.5 Å². The van der Waals surface area contributed by atoms with Gasteiger partial charge in [-0.15, -0.1) is 0 Å². The van der Waals surface area contributed by atoms with Gasteiger partial charge in [0.15, 0.2) is 0 Å². The number of aromatic amines is 1. The van der Waals surface area contributed by atoms with E-state index < -0.39 is 0 Å². The number of ketones is 1. The number of nitrogens with zero attached hydrogens (tertiary/aromatic N) is 2. The second kappa shape index (κ2) is 6.51. The molecule has 1 aromatic heterocycles. The monoisotopic (exact) mass is 383 g/mol. The summed E-state index contributed by atoms with van der Waals surface area (Å²) in [5.74, 6) is 2.60. The van der Waals surface area contributed by atoms with E-state index >= 15 is 0 Å². The number of Topliss-reactive ketones (excluding diaryl/α,β-unsaturated/α-hetero) is 1. The predicted molar refractivity (Wildman–Crippen MR) is 106 cm³/mol. The summed E-state index contributed by atoms with van der Waals surface area (Å²) >= 11 is 0. The standard InChI is InChI=1S/C23H33N3O2/c1-22-9-7-16(27)11-14(22)3-4-17-18-5-6-20(23(18,2)10-8-19(17)22)21(28)12-15-13-24-26-25-15/h3,13,16-20,27H,4-12H2,1-2H3,(H,24,25,26). The zero-order chi connectivity index (χ0) is 19.5. The van der Waals surface area contributed by atoms with Crippen molar-refractivity contribution in [3.63, 3.8) is 0 Å². The molecule has 5 nitrogen and oxygen atoms in total. The average molecular weight is 384 g/mol. The third-order valence-corrected chi connectivity index (χ3v) is 9.29. The molecule has 2 N–H and O–H groups in total. The maximum absolute atomic E-state index is 13.1. The fourth-order valence-corrected chi connectivity index (χ4v) is 7.78. The maximum Gasteiger partial charge on any atom is 0.142 e. The molecule has 3 saturated carbocycles. The number of fused-ring (bicyclic) bond motifs is 5. The summed E-state index contributed by atoms with van der Waals surface area (Å²) in [6, 6.07) is 0. The van der Waals surface area contributed by atoms with Gasteiger partial charge in [-0.05, 0) is 80.0 Å². The van der Waals surface area contributed by atoms with E-state index in [4.69, 9.17) is 0 Å². The second-order valence-corrected chi connectivity index (χ2v) is 10.4. The Labute approximate surface area is 167 Å². The normalized spacial score (nSPS) is 45.0. The SMILES string of the molecule is CC12CCC(O)CC1=CCC1C2CCC2(C)C(C(=O)Cc3cn[nH]n3)CCC12. The van der Waals surface area contributed by atoms with Crippen molar-refractivity contribution in [2.75, 3.05) is 0 Å². The number of carbonyl (C=O) groups excluding carboxylic acids is 1. The molecule has 0 aromatic carbocycles. The first kappa shape index (κ1) is 18.5. The molecule has 5 heteroatoms. The van der Waals surface area contributed by atoms with Gasteiger partial charge in [0.05, 0.1) is 24.4 Å². The van der Waals surface area contributed by atoms with Crippen LogP contribution in [-0.4, -0.2) is 32.4 Å². The molecule has 7 atom stereocenters. The number of nitrogens with one attached hydrogen (secondary N) is 1. The minimum Gasteiger partial charge on any atom is -0.393 e. The van der Waals surface area contributed by atoms with Crippen LogP contribution in [0.4, 0.5) is 0 Å². The summed E-state index contributed by atoms with van der Waals surface area (Å²) < 4.78 is 0. The van der Waals surface area contributed by atoms with Crippen molar-refractivity contribution in [2.45, 2.75) is 77.7 Å². The summed E-state index contributed by atoms with van der Waals surface area (Å²) in [6.45, 7) is 4.87. The Hall–Kier alpha value is -1.49. The largest absolute Gasteiger partial charge is 0.393 e. The molecule has 4 aliphatic rings. The highest BCUT2D eigenvalue weighted by Crippen LogP contribution is 2.66. The van der Waals surface area contributed by atoms with Crippen LogP contribution >= 0.6 is 0 Å². The van der Waals surface area contributed by atoms with E-state index in [1.807, 2.05) is 0 Å². The van der Waals surface area contributed by atoms with Crippen LogP contribution < -0.4 is 0 Å². The molecule has 7 unspecified atom stereocenters. The first-order valence-electron chi connectivity index (χ1n) is 11.2. The number of H-pyrrole nitrogens is 1. The van der Waals surface area contributed by atoms with Crippen molar-refractivity contribution in [1.82, 2.24) is 15.4 Å². The second-order valence-electron chi connectivity index (χ2n) is 10.4. The zero-order valence-corrected chi connectivity index (χ0v) is 17.2. The van der Waals surface area contributed by atoms with E-state index in [1.165, 1.54) is 24.8 Å². The highest BCUT2D eigenvalue weighted by Gasteiger charge is 2.59. The fourth-order valence-electron chi connectivity index (χ4n) is 7.78. The van der Waals surface area contributed by atoms with E-state index in [2.05, 4.69) is 35.3 Å². The number of aliphatic hydroxyl groups is 1. The summed E-state index contributed by atoms with van der Waals surface area (Å²) in [4.78, 5) is 13.1. The van der Waals surface area contributed by atoms with Crippen molar-refractivity contribution < 1.29 is 9.90 Å². The summed E-state index contributed by atoms with van der Waals surface area (Å²) in [5.41, 5.74) is 2.70. The van der Waals surface area contributed by atoms with Crippen molar-refractivity contribution in [1.29, 1.82) is 0 Å². The molecule has 4 aliphatic carbocycles. The van der Waals surface area contributed by atoms with E-state index in [-0.39, 0.29) is 22.9 Å². The Balaban J connectivity index is 1.39. The third kappa shape index (κ3) is 2.65.